The van der Waals surface area contributed by atoms with Gasteiger partial charge in [0.25, 0.3) is 6.43 Å². The van der Waals surface area contributed by atoms with Crippen LogP contribution >= 0.6 is 0 Å². The van der Waals surface area contributed by atoms with Crippen LogP contribution in [0.1, 0.15) is 63.4 Å². The highest BCUT2D eigenvalue weighted by Crippen LogP contribution is 2.32. The van der Waals surface area contributed by atoms with E-state index in [0.717, 1.165) is 18.5 Å². The van der Waals surface area contributed by atoms with Crippen molar-refractivity contribution in [1.29, 1.82) is 0 Å². The summed E-state index contributed by atoms with van der Waals surface area (Å²) in [5.74, 6) is 0.160. The Hall–Kier alpha value is -2.45. The number of hydrogen-bond donors (Lipinski definition) is 2. The Morgan fingerprint density at radius 3 is 2.44 bits per heavy atom. The van der Waals surface area contributed by atoms with E-state index in [2.05, 4.69) is 20.8 Å². The zero-order chi connectivity index (χ0) is 19.6. The predicted octanol–water partition coefficient (Wildman–Crippen LogP) is 4.74. The third-order valence-corrected chi connectivity index (χ3v) is 4.84. The molecule has 148 valence electrons. The van der Waals surface area contributed by atoms with Crippen molar-refractivity contribution in [3.63, 3.8) is 0 Å². The lowest BCUT2D eigenvalue weighted by molar-refractivity contribution is 0.138. The van der Waals surface area contributed by atoms with Gasteiger partial charge in [0.15, 0.2) is 0 Å². The van der Waals surface area contributed by atoms with Crippen molar-refractivity contribution < 1.29 is 13.6 Å². The average molecular weight is 380 g/mol. The van der Waals surface area contributed by atoms with Crippen molar-refractivity contribution in [3.8, 4) is 0 Å². The van der Waals surface area contributed by atoms with Crippen molar-refractivity contribution >= 4 is 17.4 Å². The van der Waals surface area contributed by atoms with E-state index in [1.807, 2.05) is 25.5 Å². The van der Waals surface area contributed by atoms with Crippen LogP contribution < -0.4 is 10.6 Å². The first-order valence-electron chi connectivity index (χ1n) is 9.32. The fourth-order valence-corrected chi connectivity index (χ4v) is 3.55. The second-order valence-corrected chi connectivity index (χ2v) is 7.43. The average Bonchev–Trinajstić information content (AvgIpc) is 3.29. The molecule has 0 unspecified atom stereocenters. The summed E-state index contributed by atoms with van der Waals surface area (Å²) >= 11 is 0. The number of urea groups is 1. The molecule has 0 atom stereocenters. The maximum Gasteiger partial charge on any atom is 0.323 e. The number of hydrogen-bond acceptors (Lipinski definition) is 3. The number of rotatable bonds is 6. The molecule has 2 N–H and O–H groups in total. The van der Waals surface area contributed by atoms with Gasteiger partial charge in [0.2, 0.25) is 0 Å². The lowest BCUT2D eigenvalue weighted by Crippen LogP contribution is -2.21. The van der Waals surface area contributed by atoms with E-state index in [1.54, 1.807) is 6.20 Å². The van der Waals surface area contributed by atoms with Crippen LogP contribution in [0.15, 0.2) is 12.4 Å². The van der Waals surface area contributed by atoms with Crippen LogP contribution in [0.3, 0.4) is 0 Å². The molecule has 1 aliphatic carbocycles. The van der Waals surface area contributed by atoms with E-state index in [0.29, 0.717) is 18.3 Å². The quantitative estimate of drug-likeness (QED) is 0.760. The van der Waals surface area contributed by atoms with Crippen LogP contribution in [0.25, 0.3) is 0 Å². The molecule has 2 aromatic heterocycles. The number of alkyl halides is 2. The molecule has 27 heavy (non-hydrogen) atoms. The van der Waals surface area contributed by atoms with Gasteiger partial charge in [-0.1, -0.05) is 26.7 Å². The first-order valence-corrected chi connectivity index (χ1v) is 9.32. The predicted molar refractivity (Wildman–Crippen MR) is 99.1 cm³/mol. The molecule has 0 aliphatic heterocycles. The minimum Gasteiger partial charge on any atom is -0.305 e. The van der Waals surface area contributed by atoms with E-state index in [1.165, 1.54) is 23.7 Å². The summed E-state index contributed by atoms with van der Waals surface area (Å²) in [5, 5.41) is 13.6. The normalized spacial score (nSPS) is 15.1. The van der Waals surface area contributed by atoms with Gasteiger partial charge >= 0.3 is 6.03 Å². The van der Waals surface area contributed by atoms with Gasteiger partial charge in [0, 0.05) is 6.54 Å². The van der Waals surface area contributed by atoms with Crippen molar-refractivity contribution in [3.05, 3.63) is 23.8 Å². The second-order valence-electron chi connectivity index (χ2n) is 7.43. The molecule has 0 radical (unpaired) electrons. The maximum atomic E-state index is 13.4. The molecule has 3 rings (SSSR count). The van der Waals surface area contributed by atoms with Gasteiger partial charge in [-0.15, -0.1) is 0 Å². The summed E-state index contributed by atoms with van der Waals surface area (Å²) in [6.45, 7) is 6.09. The van der Waals surface area contributed by atoms with Crippen molar-refractivity contribution in [2.24, 2.45) is 5.92 Å². The van der Waals surface area contributed by atoms with Gasteiger partial charge in [0.1, 0.15) is 5.69 Å². The second kappa shape index (κ2) is 8.06. The molecule has 0 spiro atoms. The first kappa shape index (κ1) is 19.3. The Morgan fingerprint density at radius 2 is 1.81 bits per heavy atom. The summed E-state index contributed by atoms with van der Waals surface area (Å²) in [4.78, 5) is 12.3. The molecule has 2 amide bonds. The zero-order valence-electron chi connectivity index (χ0n) is 15.9. The number of nitrogens with zero attached hydrogens (tertiary/aromatic N) is 4. The smallest absolute Gasteiger partial charge is 0.305 e. The van der Waals surface area contributed by atoms with Crippen LogP contribution in [-0.4, -0.2) is 25.6 Å². The molecule has 1 aliphatic rings. The summed E-state index contributed by atoms with van der Waals surface area (Å²) in [7, 11) is 0. The molecule has 7 nitrogen and oxygen atoms in total. The number of carbonyl (C=O) groups excluding carboxylic acids is 1. The third-order valence-electron chi connectivity index (χ3n) is 4.84. The minimum atomic E-state index is -2.73. The van der Waals surface area contributed by atoms with Gasteiger partial charge in [-0.25, -0.2) is 13.6 Å². The first-order chi connectivity index (χ1) is 12.9. The molecule has 0 bridgehead atoms. The fourth-order valence-electron chi connectivity index (χ4n) is 3.55. The summed E-state index contributed by atoms with van der Waals surface area (Å²) in [5.41, 5.74) is 1.18. The number of nitrogens with one attached hydrogen (secondary N) is 2. The van der Waals surface area contributed by atoms with Crippen LogP contribution in [-0.2, 0) is 6.54 Å². The van der Waals surface area contributed by atoms with E-state index in [9.17, 15) is 13.6 Å². The van der Waals surface area contributed by atoms with E-state index in [-0.39, 0.29) is 17.3 Å². The molecule has 1 fully saturated rings. The summed E-state index contributed by atoms with van der Waals surface area (Å²) < 4.78 is 30.1. The number of halogens is 2. The van der Waals surface area contributed by atoms with Crippen molar-refractivity contribution in [1.82, 2.24) is 19.6 Å². The molecule has 9 heteroatoms. The highest BCUT2D eigenvalue weighted by molar-refractivity contribution is 6.00. The van der Waals surface area contributed by atoms with Gasteiger partial charge in [-0.2, -0.15) is 10.2 Å². The SMILES string of the molecule is Cc1c(NC(=O)Nc2cnn(CC(C)C)c2C(F)F)cnn1C1CCCC1. The lowest BCUT2D eigenvalue weighted by atomic mass is 10.2. The highest BCUT2D eigenvalue weighted by Gasteiger charge is 2.23. The topological polar surface area (TPSA) is 76.8 Å². The monoisotopic (exact) mass is 380 g/mol. The highest BCUT2D eigenvalue weighted by atomic mass is 19.3. The van der Waals surface area contributed by atoms with E-state index < -0.39 is 12.5 Å². The molecule has 2 heterocycles. The molecule has 0 aromatic carbocycles. The summed E-state index contributed by atoms with van der Waals surface area (Å²) in [6, 6.07) is -0.224. The van der Waals surface area contributed by atoms with Crippen LogP contribution in [0.2, 0.25) is 0 Å². The van der Waals surface area contributed by atoms with Gasteiger partial charge in [-0.05, 0) is 25.7 Å². The van der Waals surface area contributed by atoms with Crippen molar-refractivity contribution in [2.45, 2.75) is 65.5 Å². The van der Waals surface area contributed by atoms with Crippen molar-refractivity contribution in [2.75, 3.05) is 10.6 Å². The Labute approximate surface area is 157 Å². The number of carbonyl (C=O) groups is 1. The van der Waals surface area contributed by atoms with Crippen LogP contribution in [0.5, 0.6) is 0 Å². The van der Waals surface area contributed by atoms with Gasteiger partial charge in [0.05, 0.1) is 35.5 Å². The van der Waals surface area contributed by atoms with Crippen LogP contribution in [0.4, 0.5) is 25.0 Å². The molecular weight excluding hydrogens is 354 g/mol. The lowest BCUT2D eigenvalue weighted by Gasteiger charge is -2.13. The largest absolute Gasteiger partial charge is 0.323 e. The number of aromatic nitrogens is 4. The van der Waals surface area contributed by atoms with E-state index in [4.69, 9.17) is 0 Å². The Kier molecular flexibility index (Phi) is 5.76. The van der Waals surface area contributed by atoms with Crippen LogP contribution in [0, 0.1) is 12.8 Å². The number of anilines is 2. The molecule has 1 saturated carbocycles. The Balaban J connectivity index is 1.70. The standard InChI is InChI=1S/C18H26F2N6O/c1-11(2)10-25-16(17(19)20)15(9-21-25)24-18(27)23-14-8-22-26(12(14)3)13-6-4-5-7-13/h8-9,11,13,17H,4-7,10H2,1-3H3,(H2,23,24,27). The molecule has 2 aromatic rings. The zero-order valence-corrected chi connectivity index (χ0v) is 15.9. The Morgan fingerprint density at radius 1 is 1.19 bits per heavy atom. The van der Waals surface area contributed by atoms with E-state index >= 15 is 0 Å². The maximum absolute atomic E-state index is 13.4. The third kappa shape index (κ3) is 4.28. The fraction of sp³-hybridized carbons (Fsp3) is 0.611. The van der Waals surface area contributed by atoms with Gasteiger partial charge in [-0.3, -0.25) is 9.36 Å². The molecular formula is C18H26F2N6O. The molecule has 0 saturated heterocycles. The number of amides is 2. The summed E-state index contributed by atoms with van der Waals surface area (Å²) in [6.07, 6.45) is 4.67. The Bertz CT molecular complexity index is 792. The minimum absolute atomic E-state index is 0.0176. The van der Waals surface area contributed by atoms with Gasteiger partial charge < -0.3 is 10.6 Å².